The molecule has 0 aliphatic rings. The average Bonchev–Trinajstić information content (AvgIpc) is 2.51. The Balaban J connectivity index is 2.73. The lowest BCUT2D eigenvalue weighted by Crippen LogP contribution is -2.41. The van der Waals surface area contributed by atoms with Crippen molar-refractivity contribution in [3.8, 4) is 0 Å². The first-order valence-electron chi connectivity index (χ1n) is 8.61. The summed E-state index contributed by atoms with van der Waals surface area (Å²) in [6.45, 7) is 12.1. The number of carbonyl (C=O) groups is 2. The van der Waals surface area contributed by atoms with Gasteiger partial charge in [0.2, 0.25) is 0 Å². The molecule has 0 bridgehead atoms. The Morgan fingerprint density at radius 3 is 2.12 bits per heavy atom. The average molecular weight is 334 g/mol. The van der Waals surface area contributed by atoms with Crippen molar-refractivity contribution in [1.82, 2.24) is 10.2 Å². The Hall–Kier alpha value is -1.88. The molecule has 0 saturated carbocycles. The fourth-order valence-electron chi connectivity index (χ4n) is 2.59. The Morgan fingerprint density at radius 1 is 1.12 bits per heavy atom. The molecule has 1 atom stereocenters. The number of nitrogens with one attached hydrogen (secondary N) is 1. The molecule has 2 N–H and O–H groups in total. The number of benzene rings is 1. The van der Waals surface area contributed by atoms with Crippen LogP contribution in [0.15, 0.2) is 24.3 Å². The zero-order valence-corrected chi connectivity index (χ0v) is 15.4. The third-order valence-electron chi connectivity index (χ3n) is 4.05. The minimum Gasteiger partial charge on any atom is -0.480 e. The van der Waals surface area contributed by atoms with E-state index in [1.165, 1.54) is 0 Å². The lowest BCUT2D eigenvalue weighted by atomic mass is 10.0. The maximum absolute atomic E-state index is 12.3. The van der Waals surface area contributed by atoms with Crippen molar-refractivity contribution in [2.75, 3.05) is 6.54 Å². The van der Waals surface area contributed by atoms with Crippen LogP contribution in [-0.4, -0.2) is 40.5 Å². The van der Waals surface area contributed by atoms with Crippen molar-refractivity contribution in [1.29, 1.82) is 0 Å². The topological polar surface area (TPSA) is 69.6 Å². The highest BCUT2D eigenvalue weighted by Crippen LogP contribution is 2.11. The number of aliphatic carboxylic acids is 1. The van der Waals surface area contributed by atoms with E-state index in [1.54, 1.807) is 12.1 Å². The summed E-state index contributed by atoms with van der Waals surface area (Å²) in [6, 6.07) is 6.98. The molecule has 134 valence electrons. The Bertz CT molecular complexity index is 538. The SMILES string of the molecule is CCN(Cc1ccc(C(=O)N[C@@H](CC(C)C)C(=O)O)cc1)C(C)C. The third kappa shape index (κ3) is 6.32. The lowest BCUT2D eigenvalue weighted by molar-refractivity contribution is -0.139. The Morgan fingerprint density at radius 2 is 1.71 bits per heavy atom. The first-order valence-corrected chi connectivity index (χ1v) is 8.61. The minimum atomic E-state index is -0.996. The van der Waals surface area contributed by atoms with Gasteiger partial charge >= 0.3 is 5.97 Å². The molecule has 0 fully saturated rings. The molecule has 0 spiro atoms. The molecule has 0 heterocycles. The highest BCUT2D eigenvalue weighted by atomic mass is 16.4. The second-order valence-corrected chi connectivity index (χ2v) is 6.85. The van der Waals surface area contributed by atoms with E-state index in [1.807, 2.05) is 26.0 Å². The van der Waals surface area contributed by atoms with E-state index in [0.29, 0.717) is 18.0 Å². The van der Waals surface area contributed by atoms with Crippen LogP contribution in [0.25, 0.3) is 0 Å². The molecular weight excluding hydrogens is 304 g/mol. The number of hydrogen-bond donors (Lipinski definition) is 2. The van der Waals surface area contributed by atoms with Gasteiger partial charge in [-0.2, -0.15) is 0 Å². The molecule has 0 radical (unpaired) electrons. The summed E-state index contributed by atoms with van der Waals surface area (Å²) in [5.41, 5.74) is 1.63. The van der Waals surface area contributed by atoms with Crippen molar-refractivity contribution in [2.45, 2.75) is 59.7 Å². The van der Waals surface area contributed by atoms with E-state index in [4.69, 9.17) is 0 Å². The van der Waals surface area contributed by atoms with Gasteiger partial charge in [-0.05, 0) is 50.4 Å². The summed E-state index contributed by atoms with van der Waals surface area (Å²) in [5, 5.41) is 11.8. The highest BCUT2D eigenvalue weighted by Gasteiger charge is 2.21. The van der Waals surface area contributed by atoms with Gasteiger partial charge in [-0.3, -0.25) is 9.69 Å². The van der Waals surface area contributed by atoms with Gasteiger partial charge in [0.1, 0.15) is 6.04 Å². The van der Waals surface area contributed by atoms with Gasteiger partial charge in [0.15, 0.2) is 0 Å². The number of carbonyl (C=O) groups excluding carboxylic acids is 1. The first kappa shape index (κ1) is 20.2. The van der Waals surface area contributed by atoms with Crippen molar-refractivity contribution in [3.05, 3.63) is 35.4 Å². The van der Waals surface area contributed by atoms with Crippen molar-refractivity contribution in [2.24, 2.45) is 5.92 Å². The van der Waals surface area contributed by atoms with Crippen molar-refractivity contribution < 1.29 is 14.7 Å². The maximum Gasteiger partial charge on any atom is 0.326 e. The number of amides is 1. The zero-order valence-electron chi connectivity index (χ0n) is 15.4. The third-order valence-corrected chi connectivity index (χ3v) is 4.05. The van der Waals surface area contributed by atoms with Crippen LogP contribution in [0.3, 0.4) is 0 Å². The minimum absolute atomic E-state index is 0.199. The molecule has 5 nitrogen and oxygen atoms in total. The van der Waals surface area contributed by atoms with Crippen molar-refractivity contribution >= 4 is 11.9 Å². The molecule has 24 heavy (non-hydrogen) atoms. The van der Waals surface area contributed by atoms with E-state index in [0.717, 1.165) is 18.7 Å². The zero-order chi connectivity index (χ0) is 18.3. The van der Waals surface area contributed by atoms with E-state index < -0.39 is 12.0 Å². The second-order valence-electron chi connectivity index (χ2n) is 6.85. The number of rotatable bonds is 9. The summed E-state index contributed by atoms with van der Waals surface area (Å²) >= 11 is 0. The summed E-state index contributed by atoms with van der Waals surface area (Å²) in [4.78, 5) is 25.8. The number of nitrogens with zero attached hydrogens (tertiary/aromatic N) is 1. The van der Waals surface area contributed by atoms with Gasteiger partial charge in [-0.1, -0.05) is 32.9 Å². The van der Waals surface area contributed by atoms with Crippen LogP contribution >= 0.6 is 0 Å². The first-order chi connectivity index (χ1) is 11.2. The molecule has 1 aromatic carbocycles. The largest absolute Gasteiger partial charge is 0.480 e. The predicted molar refractivity (Wildman–Crippen MR) is 96.0 cm³/mol. The molecular formula is C19H30N2O3. The van der Waals surface area contributed by atoms with Crippen LogP contribution in [0.1, 0.15) is 57.0 Å². The molecule has 0 saturated heterocycles. The van der Waals surface area contributed by atoms with Crippen LogP contribution in [-0.2, 0) is 11.3 Å². The second kappa shape index (κ2) is 9.42. The Labute approximate surface area is 145 Å². The highest BCUT2D eigenvalue weighted by molar-refractivity contribution is 5.96. The molecule has 1 rings (SSSR count). The molecule has 0 aromatic heterocycles. The molecule has 5 heteroatoms. The Kier molecular flexibility index (Phi) is 7.92. The monoisotopic (exact) mass is 334 g/mol. The standard InChI is InChI=1S/C19H30N2O3/c1-6-21(14(4)5)12-15-7-9-16(10-8-15)18(22)20-17(19(23)24)11-13(2)3/h7-10,13-14,17H,6,11-12H2,1-5H3,(H,20,22)(H,23,24)/t17-/m0/s1. The number of carboxylic acids is 1. The van der Waals surface area contributed by atoms with Gasteiger partial charge in [0, 0.05) is 18.2 Å². The van der Waals surface area contributed by atoms with E-state index in [-0.39, 0.29) is 11.8 Å². The predicted octanol–water partition coefficient (Wildman–Crippen LogP) is 3.15. The van der Waals surface area contributed by atoms with Crippen LogP contribution in [0, 0.1) is 5.92 Å². The number of hydrogen-bond acceptors (Lipinski definition) is 3. The van der Waals surface area contributed by atoms with Gasteiger partial charge < -0.3 is 10.4 Å². The van der Waals surface area contributed by atoms with Crippen LogP contribution in [0.4, 0.5) is 0 Å². The normalized spacial score (nSPS) is 12.7. The summed E-state index contributed by atoms with van der Waals surface area (Å²) in [6.07, 6.45) is 0.416. The molecule has 0 unspecified atom stereocenters. The fourth-order valence-corrected chi connectivity index (χ4v) is 2.59. The lowest BCUT2D eigenvalue weighted by Gasteiger charge is -2.24. The van der Waals surface area contributed by atoms with E-state index in [2.05, 4.69) is 31.0 Å². The van der Waals surface area contributed by atoms with Gasteiger partial charge in [-0.15, -0.1) is 0 Å². The van der Waals surface area contributed by atoms with Crippen LogP contribution < -0.4 is 5.32 Å². The van der Waals surface area contributed by atoms with Gasteiger partial charge in [-0.25, -0.2) is 4.79 Å². The molecule has 1 amide bonds. The fraction of sp³-hybridized carbons (Fsp3) is 0.579. The molecule has 0 aliphatic carbocycles. The summed E-state index contributed by atoms with van der Waals surface area (Å²) < 4.78 is 0. The number of carboxylic acid groups (broad SMARTS) is 1. The van der Waals surface area contributed by atoms with E-state index in [9.17, 15) is 14.7 Å². The van der Waals surface area contributed by atoms with E-state index >= 15 is 0 Å². The summed E-state index contributed by atoms with van der Waals surface area (Å²) in [7, 11) is 0. The molecule has 1 aromatic rings. The van der Waals surface area contributed by atoms with Crippen LogP contribution in [0.2, 0.25) is 0 Å². The van der Waals surface area contributed by atoms with Crippen LogP contribution in [0.5, 0.6) is 0 Å². The smallest absolute Gasteiger partial charge is 0.326 e. The van der Waals surface area contributed by atoms with Gasteiger partial charge in [0.05, 0.1) is 0 Å². The van der Waals surface area contributed by atoms with Crippen molar-refractivity contribution in [3.63, 3.8) is 0 Å². The van der Waals surface area contributed by atoms with Gasteiger partial charge in [0.25, 0.3) is 5.91 Å². The maximum atomic E-state index is 12.3. The molecule has 0 aliphatic heterocycles. The summed E-state index contributed by atoms with van der Waals surface area (Å²) in [5.74, 6) is -1.14. The quantitative estimate of drug-likeness (QED) is 0.728.